The zero-order valence-corrected chi connectivity index (χ0v) is 10.8. The van der Waals surface area contributed by atoms with E-state index in [-0.39, 0.29) is 24.8 Å². The van der Waals surface area contributed by atoms with E-state index in [1.54, 1.807) is 6.20 Å². The molecule has 0 aliphatic rings. The molecule has 0 bridgehead atoms. The van der Waals surface area contributed by atoms with Gasteiger partial charge in [0.15, 0.2) is 0 Å². The predicted octanol–water partition coefficient (Wildman–Crippen LogP) is 2.05. The van der Waals surface area contributed by atoms with Gasteiger partial charge in [0.2, 0.25) is 0 Å². The number of rotatable bonds is 3. The van der Waals surface area contributed by atoms with Crippen molar-refractivity contribution in [1.82, 2.24) is 14.7 Å². The van der Waals surface area contributed by atoms with Crippen molar-refractivity contribution in [3.63, 3.8) is 0 Å². The van der Waals surface area contributed by atoms with Gasteiger partial charge in [-0.15, -0.1) is 24.8 Å². The van der Waals surface area contributed by atoms with Gasteiger partial charge in [-0.3, -0.25) is 4.68 Å². The average molecular weight is 291 g/mol. The molecule has 0 N–H and O–H groups in total. The third-order valence-corrected chi connectivity index (χ3v) is 1.79. The fraction of sp³-hybridized carbons (Fsp3) is 0.571. The van der Waals surface area contributed by atoms with Gasteiger partial charge in [0.1, 0.15) is 0 Å². The molecule has 13 heavy (non-hydrogen) atoms. The number of hydrogen-bond acceptors (Lipinski definition) is 2. The van der Waals surface area contributed by atoms with Gasteiger partial charge in [0, 0.05) is 12.7 Å². The lowest BCUT2D eigenvalue weighted by Gasteiger charge is -2.08. The van der Waals surface area contributed by atoms with Gasteiger partial charge < -0.3 is 4.90 Å². The second-order valence-corrected chi connectivity index (χ2v) is 3.64. The van der Waals surface area contributed by atoms with Crippen LogP contribution in [0.25, 0.3) is 0 Å². The van der Waals surface area contributed by atoms with Crippen LogP contribution in [0.2, 0.25) is 0 Å². The highest BCUT2D eigenvalue weighted by Gasteiger charge is 1.94. The van der Waals surface area contributed by atoms with E-state index in [0.29, 0.717) is 0 Å². The van der Waals surface area contributed by atoms with Crippen molar-refractivity contribution >= 4 is 40.7 Å². The molecule has 0 aliphatic heterocycles. The second-order valence-electron chi connectivity index (χ2n) is 2.72. The Kier molecular flexibility index (Phi) is 9.19. The summed E-state index contributed by atoms with van der Waals surface area (Å²) in [4.78, 5) is 2.13. The Bertz CT molecular complexity index is 227. The van der Waals surface area contributed by atoms with Crippen LogP contribution < -0.4 is 0 Å². The Morgan fingerprint density at radius 2 is 2.08 bits per heavy atom. The van der Waals surface area contributed by atoms with Crippen LogP contribution >= 0.6 is 40.7 Å². The fourth-order valence-electron chi connectivity index (χ4n) is 0.763. The molecular weight excluding hydrogens is 277 g/mol. The molecule has 0 aliphatic carbocycles. The minimum atomic E-state index is 0. The molecule has 1 aromatic rings. The third kappa shape index (κ3) is 6.32. The van der Waals surface area contributed by atoms with Crippen LogP contribution in [0.1, 0.15) is 0 Å². The molecule has 1 aromatic heterocycles. The van der Waals surface area contributed by atoms with Gasteiger partial charge in [-0.1, -0.05) is 0 Å². The molecule has 0 saturated carbocycles. The van der Waals surface area contributed by atoms with Crippen LogP contribution in [-0.2, 0) is 6.54 Å². The van der Waals surface area contributed by atoms with Crippen LogP contribution in [-0.4, -0.2) is 35.3 Å². The lowest BCUT2D eigenvalue weighted by atomic mass is 10.6. The molecule has 3 nitrogen and oxygen atoms in total. The fourth-order valence-corrected chi connectivity index (χ4v) is 1.09. The van der Waals surface area contributed by atoms with Crippen molar-refractivity contribution < 1.29 is 0 Å². The summed E-state index contributed by atoms with van der Waals surface area (Å²) in [6.45, 7) is 1.96. The molecule has 0 spiro atoms. The summed E-state index contributed by atoms with van der Waals surface area (Å²) in [5.41, 5.74) is 0. The summed E-state index contributed by atoms with van der Waals surface area (Å²) in [6.07, 6.45) is 3.78. The van der Waals surface area contributed by atoms with Crippen LogP contribution in [0.15, 0.2) is 16.9 Å². The topological polar surface area (TPSA) is 21.1 Å². The van der Waals surface area contributed by atoms with Gasteiger partial charge in [0.25, 0.3) is 0 Å². The number of hydrogen-bond donors (Lipinski definition) is 0. The summed E-state index contributed by atoms with van der Waals surface area (Å²) in [5.74, 6) is 0. The molecule has 78 valence electrons. The van der Waals surface area contributed by atoms with E-state index < -0.39 is 0 Å². The Balaban J connectivity index is 0. The number of aromatic nitrogens is 2. The van der Waals surface area contributed by atoms with Crippen LogP contribution in [0, 0.1) is 0 Å². The maximum Gasteiger partial charge on any atom is 0.0632 e. The van der Waals surface area contributed by atoms with Crippen molar-refractivity contribution in [1.29, 1.82) is 0 Å². The summed E-state index contributed by atoms with van der Waals surface area (Å²) in [5, 5.41) is 4.13. The first-order chi connectivity index (χ1) is 5.18. The largest absolute Gasteiger partial charge is 0.308 e. The SMILES string of the molecule is CN(C)CCn1cc(Br)cn1.Cl.Cl. The molecule has 0 fully saturated rings. The molecule has 0 saturated heterocycles. The Hall–Kier alpha value is 0.230. The minimum absolute atomic E-state index is 0. The highest BCUT2D eigenvalue weighted by molar-refractivity contribution is 9.10. The summed E-state index contributed by atoms with van der Waals surface area (Å²) in [6, 6.07) is 0. The standard InChI is InChI=1S/C7H12BrN3.2ClH/c1-10(2)3-4-11-6-7(8)5-9-11;;/h5-6H,3-4H2,1-2H3;2*1H. The molecule has 0 radical (unpaired) electrons. The van der Waals surface area contributed by atoms with Crippen LogP contribution in [0.4, 0.5) is 0 Å². The predicted molar refractivity (Wildman–Crippen MR) is 63.0 cm³/mol. The molecule has 0 atom stereocenters. The first kappa shape index (κ1) is 15.7. The minimum Gasteiger partial charge on any atom is -0.308 e. The van der Waals surface area contributed by atoms with Crippen molar-refractivity contribution in [3.05, 3.63) is 16.9 Å². The first-order valence-electron chi connectivity index (χ1n) is 3.51. The Labute approximate surface area is 99.4 Å². The van der Waals surface area contributed by atoms with Gasteiger partial charge in [-0.2, -0.15) is 5.10 Å². The molecule has 0 unspecified atom stereocenters. The monoisotopic (exact) mass is 289 g/mol. The normalized spacial score (nSPS) is 9.23. The maximum atomic E-state index is 4.13. The zero-order chi connectivity index (χ0) is 8.27. The van der Waals surface area contributed by atoms with Gasteiger partial charge in [-0.25, -0.2) is 0 Å². The Morgan fingerprint density at radius 1 is 1.46 bits per heavy atom. The van der Waals surface area contributed by atoms with Crippen molar-refractivity contribution in [2.45, 2.75) is 6.54 Å². The summed E-state index contributed by atoms with van der Waals surface area (Å²) >= 11 is 3.34. The van der Waals surface area contributed by atoms with E-state index in [1.807, 2.05) is 10.9 Å². The van der Waals surface area contributed by atoms with Gasteiger partial charge in [0.05, 0.1) is 17.2 Å². The molecule has 6 heteroatoms. The first-order valence-corrected chi connectivity index (χ1v) is 4.30. The highest BCUT2D eigenvalue weighted by atomic mass is 79.9. The molecule has 1 rings (SSSR count). The molecule has 0 aromatic carbocycles. The number of likely N-dealkylation sites (N-methyl/N-ethyl adjacent to an activating group) is 1. The number of nitrogens with zero attached hydrogens (tertiary/aromatic N) is 3. The quantitative estimate of drug-likeness (QED) is 0.850. The lowest BCUT2D eigenvalue weighted by molar-refractivity contribution is 0.373. The van der Waals surface area contributed by atoms with Crippen LogP contribution in [0.3, 0.4) is 0 Å². The highest BCUT2D eigenvalue weighted by Crippen LogP contribution is 2.05. The van der Waals surface area contributed by atoms with Crippen molar-refractivity contribution in [2.24, 2.45) is 0 Å². The van der Waals surface area contributed by atoms with Gasteiger partial charge in [-0.05, 0) is 30.0 Å². The maximum absolute atomic E-state index is 4.13. The summed E-state index contributed by atoms with van der Waals surface area (Å²) in [7, 11) is 4.11. The van der Waals surface area contributed by atoms with E-state index in [9.17, 15) is 0 Å². The summed E-state index contributed by atoms with van der Waals surface area (Å²) < 4.78 is 2.96. The van der Waals surface area contributed by atoms with Crippen LogP contribution in [0.5, 0.6) is 0 Å². The van der Waals surface area contributed by atoms with E-state index in [0.717, 1.165) is 17.6 Å². The average Bonchev–Trinajstić information content (AvgIpc) is 2.31. The van der Waals surface area contributed by atoms with E-state index in [2.05, 4.69) is 40.0 Å². The molecule has 0 amide bonds. The molecular formula is C7H14BrCl2N3. The van der Waals surface area contributed by atoms with E-state index in [4.69, 9.17) is 0 Å². The van der Waals surface area contributed by atoms with E-state index in [1.165, 1.54) is 0 Å². The van der Waals surface area contributed by atoms with E-state index >= 15 is 0 Å². The van der Waals surface area contributed by atoms with Crippen molar-refractivity contribution in [3.8, 4) is 0 Å². The lowest BCUT2D eigenvalue weighted by Crippen LogP contribution is -2.18. The smallest absolute Gasteiger partial charge is 0.0632 e. The number of halogens is 3. The third-order valence-electron chi connectivity index (χ3n) is 1.38. The Morgan fingerprint density at radius 3 is 2.46 bits per heavy atom. The van der Waals surface area contributed by atoms with Crippen molar-refractivity contribution in [2.75, 3.05) is 20.6 Å². The molecule has 1 heterocycles. The second kappa shape index (κ2) is 7.62. The van der Waals surface area contributed by atoms with Gasteiger partial charge >= 0.3 is 0 Å². The zero-order valence-electron chi connectivity index (χ0n) is 7.61.